The predicted octanol–water partition coefficient (Wildman–Crippen LogP) is 2.77. The second kappa shape index (κ2) is 6.96. The van der Waals surface area contributed by atoms with Crippen LogP contribution in [0.15, 0.2) is 46.4 Å². The molecule has 7 heteroatoms. The number of pyridine rings is 1. The molecule has 1 aromatic carbocycles. The van der Waals surface area contributed by atoms with E-state index in [1.165, 1.54) is 0 Å². The summed E-state index contributed by atoms with van der Waals surface area (Å²) in [5, 5.41) is 4.15. The van der Waals surface area contributed by atoms with E-state index in [-0.39, 0.29) is 23.1 Å². The predicted molar refractivity (Wildman–Crippen MR) is 95.6 cm³/mol. The zero-order valence-electron chi connectivity index (χ0n) is 14.0. The van der Waals surface area contributed by atoms with E-state index in [9.17, 15) is 9.59 Å². The van der Waals surface area contributed by atoms with Gasteiger partial charge in [0.25, 0.3) is 5.91 Å². The lowest BCUT2D eigenvalue weighted by Crippen LogP contribution is -2.36. The quantitative estimate of drug-likeness (QED) is 0.900. The summed E-state index contributed by atoms with van der Waals surface area (Å²) < 4.78 is 0. The van der Waals surface area contributed by atoms with E-state index in [2.05, 4.69) is 20.3 Å². The van der Waals surface area contributed by atoms with Crippen molar-refractivity contribution in [2.45, 2.75) is 31.7 Å². The number of halogens is 1. The van der Waals surface area contributed by atoms with Gasteiger partial charge in [-0.3, -0.25) is 4.79 Å². The minimum atomic E-state index is -0.590. The summed E-state index contributed by atoms with van der Waals surface area (Å²) in [7, 11) is 0. The first-order valence-electron chi connectivity index (χ1n) is 8.65. The third-order valence-corrected chi connectivity index (χ3v) is 5.11. The monoisotopic (exact) mass is 368 g/mol. The van der Waals surface area contributed by atoms with Crippen molar-refractivity contribution in [3.63, 3.8) is 0 Å². The second-order valence-corrected chi connectivity index (χ2v) is 7.03. The van der Waals surface area contributed by atoms with Crippen molar-refractivity contribution >= 4 is 23.5 Å². The second-order valence-electron chi connectivity index (χ2n) is 6.60. The van der Waals surface area contributed by atoms with Crippen molar-refractivity contribution in [2.24, 2.45) is 15.9 Å². The first-order valence-corrected chi connectivity index (χ1v) is 9.03. The van der Waals surface area contributed by atoms with Crippen molar-refractivity contribution in [2.75, 3.05) is 0 Å². The van der Waals surface area contributed by atoms with Gasteiger partial charge < -0.3 is 5.32 Å². The highest BCUT2D eigenvalue weighted by Gasteiger charge is 2.28. The van der Waals surface area contributed by atoms with Gasteiger partial charge in [0, 0.05) is 5.02 Å². The summed E-state index contributed by atoms with van der Waals surface area (Å²) in [6, 6.07) is 10.0. The zero-order chi connectivity index (χ0) is 18.1. The van der Waals surface area contributed by atoms with Crippen LogP contribution in [0.1, 0.15) is 47.8 Å². The number of rotatable bonds is 4. The van der Waals surface area contributed by atoms with Crippen molar-refractivity contribution in [1.82, 2.24) is 10.3 Å². The van der Waals surface area contributed by atoms with Gasteiger partial charge in [0.05, 0.1) is 6.04 Å². The maximum absolute atomic E-state index is 12.8. The molecule has 1 aliphatic carbocycles. The summed E-state index contributed by atoms with van der Waals surface area (Å²) in [5.41, 5.74) is 1.42. The number of nitrogens with zero attached hydrogens (tertiary/aromatic N) is 3. The van der Waals surface area contributed by atoms with E-state index in [1.807, 2.05) is 24.3 Å². The molecular weight excluding hydrogens is 352 g/mol. The SMILES string of the molecule is O=C1N=c2ccc(C(=O)N[C@H](c3cccc(Cl)c3)C3CCCC3)nc2=N1. The molecule has 1 atom stereocenters. The molecule has 1 fully saturated rings. The molecular formula is C19H17ClN4O2. The van der Waals surface area contributed by atoms with Crippen LogP contribution in [0.4, 0.5) is 4.79 Å². The third-order valence-electron chi connectivity index (χ3n) is 4.87. The first kappa shape index (κ1) is 16.8. The number of carbonyl (C=O) groups is 2. The molecule has 6 nitrogen and oxygen atoms in total. The van der Waals surface area contributed by atoms with Gasteiger partial charge in [-0.05, 0) is 48.6 Å². The van der Waals surface area contributed by atoms with Gasteiger partial charge in [0.15, 0.2) is 5.49 Å². The van der Waals surface area contributed by atoms with E-state index in [0.717, 1.165) is 31.2 Å². The lowest BCUT2D eigenvalue weighted by Gasteiger charge is -2.25. The van der Waals surface area contributed by atoms with Crippen LogP contribution in [0, 0.1) is 5.92 Å². The average Bonchev–Trinajstić information content (AvgIpc) is 3.27. The molecule has 1 aromatic heterocycles. The smallest absolute Gasteiger partial charge is 0.344 e. The van der Waals surface area contributed by atoms with Crippen LogP contribution >= 0.6 is 11.6 Å². The van der Waals surface area contributed by atoms with Crippen LogP contribution in [0.5, 0.6) is 0 Å². The van der Waals surface area contributed by atoms with Crippen molar-refractivity contribution in [3.8, 4) is 0 Å². The van der Waals surface area contributed by atoms with Crippen molar-refractivity contribution < 1.29 is 9.59 Å². The summed E-state index contributed by atoms with van der Waals surface area (Å²) in [6.07, 6.45) is 4.46. The van der Waals surface area contributed by atoms with Gasteiger partial charge in [-0.1, -0.05) is 36.6 Å². The van der Waals surface area contributed by atoms with E-state index >= 15 is 0 Å². The Morgan fingerprint density at radius 3 is 2.73 bits per heavy atom. The molecule has 0 radical (unpaired) electrons. The molecule has 3 amide bonds. The lowest BCUT2D eigenvalue weighted by molar-refractivity contribution is 0.0916. The van der Waals surface area contributed by atoms with Crippen LogP contribution in [-0.4, -0.2) is 16.9 Å². The number of benzene rings is 1. The standard InChI is InChI=1S/C19H17ClN4O2/c20-13-7-3-6-12(10-13)16(11-4-1-2-5-11)23-18(25)15-9-8-14-17(21-15)24-19(26)22-14/h3,6-11,16H,1-2,4-5H2,(H,23,25)/t16-/m0/s1. The minimum Gasteiger partial charge on any atom is -0.344 e. The van der Waals surface area contributed by atoms with Crippen LogP contribution in [0.3, 0.4) is 0 Å². The number of aromatic nitrogens is 1. The van der Waals surface area contributed by atoms with Gasteiger partial charge in [-0.25, -0.2) is 9.78 Å². The van der Waals surface area contributed by atoms with E-state index < -0.39 is 6.03 Å². The molecule has 0 spiro atoms. The molecule has 2 heterocycles. The highest BCUT2D eigenvalue weighted by Crippen LogP contribution is 2.36. The maximum Gasteiger partial charge on any atom is 0.369 e. The van der Waals surface area contributed by atoms with Gasteiger partial charge in [-0.15, -0.1) is 0 Å². The molecule has 1 N–H and O–H groups in total. The zero-order valence-corrected chi connectivity index (χ0v) is 14.7. The Morgan fingerprint density at radius 1 is 1.15 bits per heavy atom. The highest BCUT2D eigenvalue weighted by molar-refractivity contribution is 6.30. The highest BCUT2D eigenvalue weighted by atomic mass is 35.5. The Bertz CT molecular complexity index is 999. The number of hydrogen-bond acceptors (Lipinski definition) is 3. The van der Waals surface area contributed by atoms with Gasteiger partial charge in [-0.2, -0.15) is 9.98 Å². The molecule has 2 aliphatic rings. The largest absolute Gasteiger partial charge is 0.369 e. The van der Waals surface area contributed by atoms with E-state index in [0.29, 0.717) is 16.3 Å². The summed E-state index contributed by atoms with van der Waals surface area (Å²) >= 11 is 6.15. The number of hydrogen-bond donors (Lipinski definition) is 1. The van der Waals surface area contributed by atoms with Crippen LogP contribution in [0.25, 0.3) is 0 Å². The number of urea groups is 1. The van der Waals surface area contributed by atoms with Gasteiger partial charge >= 0.3 is 6.03 Å². The molecule has 4 rings (SSSR count). The Kier molecular flexibility index (Phi) is 4.51. The fourth-order valence-corrected chi connectivity index (χ4v) is 3.83. The van der Waals surface area contributed by atoms with Gasteiger partial charge in [0.2, 0.25) is 0 Å². The lowest BCUT2D eigenvalue weighted by atomic mass is 9.91. The number of nitrogens with one attached hydrogen (secondary N) is 1. The Morgan fingerprint density at radius 2 is 1.96 bits per heavy atom. The fraction of sp³-hybridized carbons (Fsp3) is 0.316. The summed E-state index contributed by atoms with van der Waals surface area (Å²) in [4.78, 5) is 35.7. The van der Waals surface area contributed by atoms with Gasteiger partial charge in [0.1, 0.15) is 11.1 Å². The topological polar surface area (TPSA) is 83.8 Å². The molecule has 26 heavy (non-hydrogen) atoms. The number of fused-ring (bicyclic) bond motifs is 1. The molecule has 0 saturated heterocycles. The van der Waals surface area contributed by atoms with E-state index in [1.54, 1.807) is 12.1 Å². The van der Waals surface area contributed by atoms with Crippen LogP contribution < -0.4 is 16.2 Å². The summed E-state index contributed by atoms with van der Waals surface area (Å²) in [6.45, 7) is 0. The van der Waals surface area contributed by atoms with Crippen molar-refractivity contribution in [3.05, 3.63) is 63.5 Å². The molecule has 1 aliphatic heterocycles. The number of amides is 3. The first-order chi connectivity index (χ1) is 12.6. The average molecular weight is 369 g/mol. The molecule has 0 unspecified atom stereocenters. The Balaban J connectivity index is 1.63. The van der Waals surface area contributed by atoms with Crippen molar-refractivity contribution in [1.29, 1.82) is 0 Å². The fourth-order valence-electron chi connectivity index (χ4n) is 3.63. The molecule has 132 valence electrons. The maximum atomic E-state index is 12.8. The minimum absolute atomic E-state index is 0.123. The number of carbonyl (C=O) groups excluding carboxylic acids is 2. The van der Waals surface area contributed by atoms with Crippen LogP contribution in [-0.2, 0) is 0 Å². The van der Waals surface area contributed by atoms with Crippen LogP contribution in [0.2, 0.25) is 5.02 Å². The summed E-state index contributed by atoms with van der Waals surface area (Å²) in [5.74, 6) is 0.0762. The molecule has 0 bridgehead atoms. The molecule has 2 aromatic rings. The molecule has 1 saturated carbocycles. The Labute approximate surface area is 155 Å². The third kappa shape index (κ3) is 3.37. The Hall–Kier alpha value is -2.60. The van der Waals surface area contributed by atoms with E-state index in [4.69, 9.17) is 11.6 Å². The normalized spacial score (nSPS) is 17.3.